The SMILES string of the molecule is CC1CCCNC1c1nc(-c2ccccc2F)no1. The molecule has 0 saturated carbocycles. The van der Waals surface area contributed by atoms with Crippen molar-refractivity contribution < 1.29 is 8.91 Å². The van der Waals surface area contributed by atoms with Crippen LogP contribution >= 0.6 is 0 Å². The van der Waals surface area contributed by atoms with Gasteiger partial charge in [0, 0.05) is 0 Å². The number of rotatable bonds is 2. The molecule has 1 N–H and O–H groups in total. The molecule has 19 heavy (non-hydrogen) atoms. The molecule has 0 amide bonds. The molecule has 1 aliphatic rings. The number of halogens is 1. The van der Waals surface area contributed by atoms with E-state index in [1.807, 2.05) is 0 Å². The van der Waals surface area contributed by atoms with E-state index in [0.29, 0.717) is 23.2 Å². The maximum Gasteiger partial charge on any atom is 0.244 e. The lowest BCUT2D eigenvalue weighted by Gasteiger charge is -2.26. The molecule has 3 rings (SSSR count). The van der Waals surface area contributed by atoms with Gasteiger partial charge in [0.15, 0.2) is 0 Å². The Kier molecular flexibility index (Phi) is 3.29. The van der Waals surface area contributed by atoms with Gasteiger partial charge in [-0.3, -0.25) is 0 Å². The minimum atomic E-state index is -0.334. The van der Waals surface area contributed by atoms with Crippen LogP contribution in [0.4, 0.5) is 4.39 Å². The first-order valence-electron chi connectivity index (χ1n) is 6.57. The summed E-state index contributed by atoms with van der Waals surface area (Å²) < 4.78 is 19.0. The second-order valence-corrected chi connectivity index (χ2v) is 4.99. The Morgan fingerprint density at radius 3 is 3.00 bits per heavy atom. The highest BCUT2D eigenvalue weighted by molar-refractivity contribution is 5.54. The van der Waals surface area contributed by atoms with Gasteiger partial charge in [0.2, 0.25) is 11.7 Å². The fourth-order valence-electron chi connectivity index (χ4n) is 2.49. The zero-order valence-corrected chi connectivity index (χ0v) is 10.8. The van der Waals surface area contributed by atoms with Crippen LogP contribution in [0.3, 0.4) is 0 Å². The first-order valence-corrected chi connectivity index (χ1v) is 6.57. The third kappa shape index (κ3) is 2.38. The Balaban J connectivity index is 1.89. The van der Waals surface area contributed by atoms with Crippen molar-refractivity contribution in [3.8, 4) is 11.4 Å². The lowest BCUT2D eigenvalue weighted by atomic mass is 9.93. The van der Waals surface area contributed by atoms with Crippen LogP contribution in [0, 0.1) is 11.7 Å². The highest BCUT2D eigenvalue weighted by Crippen LogP contribution is 2.29. The number of aromatic nitrogens is 2. The number of hydrogen-bond acceptors (Lipinski definition) is 4. The number of piperidine rings is 1. The van der Waals surface area contributed by atoms with E-state index in [1.165, 1.54) is 6.07 Å². The van der Waals surface area contributed by atoms with E-state index in [9.17, 15) is 4.39 Å². The summed E-state index contributed by atoms with van der Waals surface area (Å²) in [6, 6.07) is 6.52. The predicted octanol–water partition coefficient (Wildman–Crippen LogP) is 2.94. The Morgan fingerprint density at radius 1 is 1.37 bits per heavy atom. The van der Waals surface area contributed by atoms with Gasteiger partial charge in [-0.1, -0.05) is 24.2 Å². The van der Waals surface area contributed by atoms with Crippen molar-refractivity contribution in [1.82, 2.24) is 15.5 Å². The van der Waals surface area contributed by atoms with Crippen LogP contribution in [0.5, 0.6) is 0 Å². The van der Waals surface area contributed by atoms with Crippen LogP contribution in [-0.4, -0.2) is 16.7 Å². The number of benzene rings is 1. The Labute approximate surface area is 111 Å². The molecule has 2 aromatic rings. The molecular weight excluding hydrogens is 245 g/mol. The summed E-state index contributed by atoms with van der Waals surface area (Å²) in [4.78, 5) is 4.34. The van der Waals surface area contributed by atoms with Crippen LogP contribution in [0.2, 0.25) is 0 Å². The molecule has 1 fully saturated rings. The molecule has 0 bridgehead atoms. The van der Waals surface area contributed by atoms with E-state index in [2.05, 4.69) is 22.4 Å². The minimum absolute atomic E-state index is 0.0711. The molecule has 1 aliphatic heterocycles. The van der Waals surface area contributed by atoms with Crippen LogP contribution < -0.4 is 5.32 Å². The smallest absolute Gasteiger partial charge is 0.244 e. The molecule has 2 unspecified atom stereocenters. The lowest BCUT2D eigenvalue weighted by Crippen LogP contribution is -2.33. The maximum atomic E-state index is 13.7. The van der Waals surface area contributed by atoms with Gasteiger partial charge >= 0.3 is 0 Å². The minimum Gasteiger partial charge on any atom is -0.337 e. The van der Waals surface area contributed by atoms with Crippen molar-refractivity contribution >= 4 is 0 Å². The predicted molar refractivity (Wildman–Crippen MR) is 68.8 cm³/mol. The summed E-state index contributed by atoms with van der Waals surface area (Å²) in [5.41, 5.74) is 0.376. The fraction of sp³-hybridized carbons (Fsp3) is 0.429. The molecule has 2 atom stereocenters. The van der Waals surface area contributed by atoms with E-state index >= 15 is 0 Å². The third-order valence-corrected chi connectivity index (χ3v) is 3.59. The van der Waals surface area contributed by atoms with Gasteiger partial charge in [-0.15, -0.1) is 0 Å². The van der Waals surface area contributed by atoms with Crippen LogP contribution in [-0.2, 0) is 0 Å². The van der Waals surface area contributed by atoms with Crippen molar-refractivity contribution in [3.63, 3.8) is 0 Å². The number of hydrogen-bond donors (Lipinski definition) is 1. The number of nitrogens with one attached hydrogen (secondary N) is 1. The second kappa shape index (κ2) is 5.09. The third-order valence-electron chi connectivity index (χ3n) is 3.59. The summed E-state index contributed by atoms with van der Waals surface area (Å²) in [6.07, 6.45) is 2.29. The first kappa shape index (κ1) is 12.3. The van der Waals surface area contributed by atoms with Crippen molar-refractivity contribution in [2.24, 2.45) is 5.92 Å². The summed E-state index contributed by atoms with van der Waals surface area (Å²) in [6.45, 7) is 3.11. The van der Waals surface area contributed by atoms with E-state index in [1.54, 1.807) is 18.2 Å². The van der Waals surface area contributed by atoms with Crippen LogP contribution in [0.1, 0.15) is 31.7 Å². The molecule has 0 aliphatic carbocycles. The van der Waals surface area contributed by atoms with E-state index < -0.39 is 0 Å². The van der Waals surface area contributed by atoms with Gasteiger partial charge in [-0.25, -0.2) is 4.39 Å². The molecule has 1 saturated heterocycles. The standard InChI is InChI=1S/C14H16FN3O/c1-9-5-4-8-16-12(9)14-17-13(18-19-14)10-6-2-3-7-11(10)15/h2-3,6-7,9,12,16H,4-5,8H2,1H3. The largest absolute Gasteiger partial charge is 0.337 e. The first-order chi connectivity index (χ1) is 9.25. The van der Waals surface area contributed by atoms with Crippen molar-refractivity contribution in [3.05, 3.63) is 36.0 Å². The lowest BCUT2D eigenvalue weighted by molar-refractivity contribution is 0.239. The molecule has 0 spiro atoms. The van der Waals surface area contributed by atoms with E-state index in [-0.39, 0.29) is 11.9 Å². The zero-order chi connectivity index (χ0) is 13.2. The van der Waals surface area contributed by atoms with Gasteiger partial charge in [0.25, 0.3) is 0 Å². The average Bonchev–Trinajstić information content (AvgIpc) is 2.89. The average molecular weight is 261 g/mol. The number of nitrogens with zero attached hydrogens (tertiary/aromatic N) is 2. The van der Waals surface area contributed by atoms with Gasteiger partial charge in [-0.2, -0.15) is 4.98 Å². The van der Waals surface area contributed by atoms with Gasteiger partial charge < -0.3 is 9.84 Å². The van der Waals surface area contributed by atoms with Gasteiger partial charge in [0.1, 0.15) is 5.82 Å². The summed E-state index contributed by atoms with van der Waals surface area (Å²) in [5, 5.41) is 7.27. The Morgan fingerprint density at radius 2 is 2.21 bits per heavy atom. The summed E-state index contributed by atoms with van der Waals surface area (Å²) in [5.74, 6) is 0.972. The molecule has 2 heterocycles. The fourth-order valence-corrected chi connectivity index (χ4v) is 2.49. The molecule has 4 nitrogen and oxygen atoms in total. The zero-order valence-electron chi connectivity index (χ0n) is 10.8. The van der Waals surface area contributed by atoms with Gasteiger partial charge in [-0.05, 0) is 37.4 Å². The molecule has 100 valence electrons. The quantitative estimate of drug-likeness (QED) is 0.903. The molecule has 0 radical (unpaired) electrons. The maximum absolute atomic E-state index is 13.7. The topological polar surface area (TPSA) is 51.0 Å². The van der Waals surface area contributed by atoms with Crippen molar-refractivity contribution in [2.75, 3.05) is 6.54 Å². The van der Waals surface area contributed by atoms with Crippen molar-refractivity contribution in [1.29, 1.82) is 0 Å². The van der Waals surface area contributed by atoms with Gasteiger partial charge in [0.05, 0.1) is 11.6 Å². The molecule has 5 heteroatoms. The van der Waals surface area contributed by atoms with Crippen LogP contribution in [0.15, 0.2) is 28.8 Å². The molecule has 1 aromatic carbocycles. The van der Waals surface area contributed by atoms with E-state index in [0.717, 1.165) is 19.4 Å². The summed E-state index contributed by atoms with van der Waals surface area (Å²) >= 11 is 0. The molecular formula is C14H16FN3O. The Bertz CT molecular complexity index is 569. The van der Waals surface area contributed by atoms with Crippen molar-refractivity contribution in [2.45, 2.75) is 25.8 Å². The molecule has 1 aromatic heterocycles. The summed E-state index contributed by atoms with van der Waals surface area (Å²) in [7, 11) is 0. The van der Waals surface area contributed by atoms with Crippen LogP contribution in [0.25, 0.3) is 11.4 Å². The normalized spacial score (nSPS) is 23.5. The monoisotopic (exact) mass is 261 g/mol. The highest BCUT2D eigenvalue weighted by Gasteiger charge is 2.27. The second-order valence-electron chi connectivity index (χ2n) is 4.99. The van der Waals surface area contributed by atoms with E-state index in [4.69, 9.17) is 4.52 Å². The Hall–Kier alpha value is -1.75. The highest BCUT2D eigenvalue weighted by atomic mass is 19.1.